The molecular weight excluding hydrogens is 286 g/mol. The summed E-state index contributed by atoms with van der Waals surface area (Å²) in [5, 5.41) is 14.1. The minimum atomic E-state index is -3.90. The Balaban J connectivity index is 1.93. The maximum absolute atomic E-state index is 12.0. The highest BCUT2D eigenvalue weighted by atomic mass is 32.2. The van der Waals surface area contributed by atoms with E-state index in [1.807, 2.05) is 0 Å². The molecule has 1 aromatic heterocycles. The lowest BCUT2D eigenvalue weighted by Gasteiger charge is -2.22. The van der Waals surface area contributed by atoms with Crippen molar-refractivity contribution in [2.45, 2.75) is 36.8 Å². The van der Waals surface area contributed by atoms with Crippen molar-refractivity contribution in [3.8, 4) is 0 Å². The number of sulfonamides is 1. The topological polar surface area (TPSA) is 121 Å². The van der Waals surface area contributed by atoms with Gasteiger partial charge in [0.05, 0.1) is 12.3 Å². The molecule has 0 aromatic carbocycles. The number of carbonyl (C=O) groups is 1. The molecule has 2 rings (SSSR count). The molecule has 1 aliphatic rings. The zero-order valence-electron chi connectivity index (χ0n) is 10.8. The molecular formula is C11H17N3O5S. The summed E-state index contributed by atoms with van der Waals surface area (Å²) in [6, 6.07) is 0. The van der Waals surface area contributed by atoms with E-state index in [1.165, 1.54) is 0 Å². The van der Waals surface area contributed by atoms with Gasteiger partial charge >= 0.3 is 5.97 Å². The first-order valence-electron chi connectivity index (χ1n) is 6.38. The largest absolute Gasteiger partial charge is 0.478 e. The molecule has 1 fully saturated rings. The fourth-order valence-electron chi connectivity index (χ4n) is 2.09. The molecule has 0 radical (unpaired) electrons. The molecule has 1 unspecified atom stereocenters. The second-order valence-corrected chi connectivity index (χ2v) is 6.30. The fraction of sp³-hybridized carbons (Fsp3) is 0.636. The molecule has 8 nitrogen and oxygen atoms in total. The van der Waals surface area contributed by atoms with Gasteiger partial charge in [-0.25, -0.2) is 17.9 Å². The molecule has 0 spiro atoms. The minimum Gasteiger partial charge on any atom is -0.478 e. The third-order valence-electron chi connectivity index (χ3n) is 3.14. The van der Waals surface area contributed by atoms with Crippen molar-refractivity contribution in [1.82, 2.24) is 14.9 Å². The smallest absolute Gasteiger partial charge is 0.340 e. The van der Waals surface area contributed by atoms with Gasteiger partial charge in [-0.2, -0.15) is 5.10 Å². The Hall–Kier alpha value is -1.45. The Morgan fingerprint density at radius 3 is 3.00 bits per heavy atom. The number of carboxylic acid groups (broad SMARTS) is 1. The van der Waals surface area contributed by atoms with Gasteiger partial charge in [0.1, 0.15) is 5.56 Å². The van der Waals surface area contributed by atoms with Gasteiger partial charge in [0.25, 0.3) is 10.0 Å². The Morgan fingerprint density at radius 1 is 1.55 bits per heavy atom. The summed E-state index contributed by atoms with van der Waals surface area (Å²) in [5.74, 6) is -1.34. The second kappa shape index (κ2) is 6.33. The molecule has 112 valence electrons. The SMILES string of the molecule is O=C(O)c1cn[nH]c1S(=O)(=O)NCCC1CCCCO1. The molecule has 1 saturated heterocycles. The highest BCUT2D eigenvalue weighted by Gasteiger charge is 2.25. The van der Waals surface area contributed by atoms with Crippen LogP contribution in [0.3, 0.4) is 0 Å². The standard InChI is InChI=1S/C11H17N3O5S/c15-11(16)9-7-12-14-10(9)20(17,18)13-5-4-8-3-1-2-6-19-8/h7-8,13H,1-6H2,(H,12,14)(H,15,16). The predicted molar refractivity (Wildman–Crippen MR) is 68.9 cm³/mol. The number of hydrogen-bond donors (Lipinski definition) is 3. The van der Waals surface area contributed by atoms with Crippen LogP contribution in [0.5, 0.6) is 0 Å². The van der Waals surface area contributed by atoms with Crippen molar-refractivity contribution in [1.29, 1.82) is 0 Å². The number of aromatic nitrogens is 2. The number of aromatic carboxylic acids is 1. The van der Waals surface area contributed by atoms with Crippen LogP contribution < -0.4 is 4.72 Å². The lowest BCUT2D eigenvalue weighted by Crippen LogP contribution is -2.30. The van der Waals surface area contributed by atoms with E-state index in [0.717, 1.165) is 25.5 Å². The summed E-state index contributed by atoms with van der Waals surface area (Å²) in [6.45, 7) is 0.909. The number of carboxylic acids is 1. The molecule has 0 saturated carbocycles. The maximum atomic E-state index is 12.0. The summed E-state index contributed by atoms with van der Waals surface area (Å²) in [6.07, 6.45) is 4.65. The molecule has 1 atom stereocenters. The minimum absolute atomic E-state index is 0.0622. The van der Waals surface area contributed by atoms with Crippen molar-refractivity contribution < 1.29 is 23.1 Å². The monoisotopic (exact) mass is 303 g/mol. The number of nitrogens with zero attached hydrogens (tertiary/aromatic N) is 1. The van der Waals surface area contributed by atoms with E-state index in [4.69, 9.17) is 9.84 Å². The van der Waals surface area contributed by atoms with E-state index < -0.39 is 21.0 Å². The van der Waals surface area contributed by atoms with Crippen LogP contribution in [0.4, 0.5) is 0 Å². The Labute approximate surface area is 116 Å². The molecule has 0 amide bonds. The zero-order chi connectivity index (χ0) is 14.6. The van der Waals surface area contributed by atoms with E-state index in [-0.39, 0.29) is 18.2 Å². The van der Waals surface area contributed by atoms with Gasteiger partial charge in [-0.1, -0.05) is 0 Å². The lowest BCUT2D eigenvalue weighted by molar-refractivity contribution is 0.0123. The van der Waals surface area contributed by atoms with Crippen molar-refractivity contribution in [3.05, 3.63) is 11.8 Å². The van der Waals surface area contributed by atoms with E-state index in [2.05, 4.69) is 14.9 Å². The fourth-order valence-corrected chi connectivity index (χ4v) is 3.23. The average Bonchev–Trinajstić information content (AvgIpc) is 2.90. The molecule has 9 heteroatoms. The molecule has 3 N–H and O–H groups in total. The average molecular weight is 303 g/mol. The zero-order valence-corrected chi connectivity index (χ0v) is 11.6. The van der Waals surface area contributed by atoms with Crippen molar-refractivity contribution >= 4 is 16.0 Å². The number of nitrogens with one attached hydrogen (secondary N) is 2. The van der Waals surface area contributed by atoms with Crippen LogP contribution in [-0.4, -0.2) is 48.9 Å². The van der Waals surface area contributed by atoms with Gasteiger partial charge < -0.3 is 9.84 Å². The van der Waals surface area contributed by atoms with E-state index in [9.17, 15) is 13.2 Å². The van der Waals surface area contributed by atoms with Crippen molar-refractivity contribution in [2.24, 2.45) is 0 Å². The van der Waals surface area contributed by atoms with Crippen LogP contribution in [0.25, 0.3) is 0 Å². The first-order chi connectivity index (χ1) is 9.50. The lowest BCUT2D eigenvalue weighted by atomic mass is 10.1. The van der Waals surface area contributed by atoms with Crippen LogP contribution in [0.2, 0.25) is 0 Å². The first-order valence-corrected chi connectivity index (χ1v) is 7.87. The Morgan fingerprint density at radius 2 is 2.35 bits per heavy atom. The quantitative estimate of drug-likeness (QED) is 0.697. The van der Waals surface area contributed by atoms with Gasteiger partial charge in [-0.3, -0.25) is 5.10 Å². The van der Waals surface area contributed by atoms with Crippen LogP contribution in [0.1, 0.15) is 36.0 Å². The summed E-state index contributed by atoms with van der Waals surface area (Å²) < 4.78 is 31.8. The molecule has 20 heavy (non-hydrogen) atoms. The predicted octanol–water partition coefficient (Wildman–Crippen LogP) is 0.345. The van der Waals surface area contributed by atoms with Gasteiger partial charge in [-0.15, -0.1) is 0 Å². The number of aromatic amines is 1. The number of H-pyrrole nitrogens is 1. The van der Waals surface area contributed by atoms with Crippen LogP contribution in [0.15, 0.2) is 11.2 Å². The number of rotatable bonds is 6. The third-order valence-corrected chi connectivity index (χ3v) is 4.57. The first kappa shape index (κ1) is 14.9. The van der Waals surface area contributed by atoms with Crippen LogP contribution in [0, 0.1) is 0 Å². The van der Waals surface area contributed by atoms with Crippen LogP contribution in [-0.2, 0) is 14.8 Å². The molecule has 0 aliphatic carbocycles. The van der Waals surface area contributed by atoms with Crippen molar-refractivity contribution in [2.75, 3.05) is 13.2 Å². The van der Waals surface area contributed by atoms with Gasteiger partial charge in [-0.05, 0) is 25.7 Å². The number of ether oxygens (including phenoxy) is 1. The molecule has 1 aromatic rings. The second-order valence-electron chi connectivity index (χ2n) is 4.59. The molecule has 1 aliphatic heterocycles. The van der Waals surface area contributed by atoms with E-state index in [1.54, 1.807) is 0 Å². The highest BCUT2D eigenvalue weighted by molar-refractivity contribution is 7.89. The normalized spacial score (nSPS) is 19.9. The summed E-state index contributed by atoms with van der Waals surface area (Å²) in [5.41, 5.74) is -0.369. The summed E-state index contributed by atoms with van der Waals surface area (Å²) >= 11 is 0. The van der Waals surface area contributed by atoms with Crippen molar-refractivity contribution in [3.63, 3.8) is 0 Å². The highest BCUT2D eigenvalue weighted by Crippen LogP contribution is 2.16. The molecule has 2 heterocycles. The third kappa shape index (κ3) is 3.56. The van der Waals surface area contributed by atoms with E-state index in [0.29, 0.717) is 13.0 Å². The number of hydrogen-bond acceptors (Lipinski definition) is 5. The van der Waals surface area contributed by atoms with Gasteiger partial charge in [0.15, 0.2) is 5.03 Å². The summed E-state index contributed by atoms with van der Waals surface area (Å²) in [7, 11) is -3.90. The molecule has 0 bridgehead atoms. The van der Waals surface area contributed by atoms with E-state index >= 15 is 0 Å². The Bertz CT molecular complexity index is 562. The Kier molecular flexibility index (Phi) is 4.73. The van der Waals surface area contributed by atoms with Gasteiger partial charge in [0, 0.05) is 13.2 Å². The van der Waals surface area contributed by atoms with Gasteiger partial charge in [0.2, 0.25) is 0 Å². The maximum Gasteiger partial charge on any atom is 0.340 e. The summed E-state index contributed by atoms with van der Waals surface area (Å²) in [4.78, 5) is 10.9. The van der Waals surface area contributed by atoms with Crippen LogP contribution >= 0.6 is 0 Å².